The van der Waals surface area contributed by atoms with Crippen molar-refractivity contribution in [3.05, 3.63) is 21.4 Å². The Kier molecular flexibility index (Phi) is 6.36. The van der Waals surface area contributed by atoms with Crippen LogP contribution >= 0.6 is 11.3 Å². The molecule has 1 aromatic rings. The molecule has 3 nitrogen and oxygen atoms in total. The predicted molar refractivity (Wildman–Crippen MR) is 76.0 cm³/mol. The van der Waals surface area contributed by atoms with E-state index >= 15 is 0 Å². The molecule has 0 radical (unpaired) electrons. The van der Waals surface area contributed by atoms with Crippen LogP contribution in [-0.2, 0) is 16.1 Å². The molecule has 0 amide bonds. The summed E-state index contributed by atoms with van der Waals surface area (Å²) in [5, 5.41) is 3.30. The largest absolute Gasteiger partial charge is 0.465 e. The number of rotatable bonds is 7. The zero-order valence-corrected chi connectivity index (χ0v) is 12.5. The number of ether oxygens (including phenoxy) is 1. The smallest absolute Gasteiger partial charge is 0.323 e. The van der Waals surface area contributed by atoms with Crippen LogP contribution in [0, 0.1) is 13.8 Å². The van der Waals surface area contributed by atoms with E-state index in [1.807, 2.05) is 6.92 Å². The third kappa shape index (κ3) is 4.42. The molecule has 4 heteroatoms. The van der Waals surface area contributed by atoms with E-state index in [2.05, 4.69) is 32.2 Å². The van der Waals surface area contributed by atoms with Gasteiger partial charge >= 0.3 is 5.97 Å². The van der Waals surface area contributed by atoms with Crippen molar-refractivity contribution in [2.45, 2.75) is 53.1 Å². The van der Waals surface area contributed by atoms with Gasteiger partial charge in [-0.05, 0) is 38.8 Å². The first-order valence-electron chi connectivity index (χ1n) is 6.54. The molecule has 1 atom stereocenters. The molecule has 0 saturated heterocycles. The summed E-state index contributed by atoms with van der Waals surface area (Å²) in [5.74, 6) is -0.135. The van der Waals surface area contributed by atoms with Gasteiger partial charge in [-0.15, -0.1) is 11.3 Å². The Balaban J connectivity index is 2.53. The molecule has 1 rings (SSSR count). The molecule has 0 fully saturated rings. The molecule has 1 N–H and O–H groups in total. The second-order valence-electron chi connectivity index (χ2n) is 4.43. The fourth-order valence-electron chi connectivity index (χ4n) is 1.80. The number of esters is 1. The molecular formula is C14H23NO2S. The van der Waals surface area contributed by atoms with E-state index in [1.54, 1.807) is 11.3 Å². The van der Waals surface area contributed by atoms with Crippen molar-refractivity contribution in [1.29, 1.82) is 0 Å². The van der Waals surface area contributed by atoms with E-state index in [0.29, 0.717) is 6.61 Å². The summed E-state index contributed by atoms with van der Waals surface area (Å²) in [4.78, 5) is 14.4. The molecule has 0 aliphatic carbocycles. The lowest BCUT2D eigenvalue weighted by Crippen LogP contribution is -2.37. The van der Waals surface area contributed by atoms with E-state index < -0.39 is 0 Å². The lowest BCUT2D eigenvalue weighted by Gasteiger charge is -2.15. The van der Waals surface area contributed by atoms with Gasteiger partial charge in [0, 0.05) is 16.3 Å². The lowest BCUT2D eigenvalue weighted by atomic mass is 10.1. The van der Waals surface area contributed by atoms with Gasteiger partial charge in [0.25, 0.3) is 0 Å². The summed E-state index contributed by atoms with van der Waals surface area (Å²) in [5.41, 5.74) is 1.32. The fraction of sp³-hybridized carbons (Fsp3) is 0.643. The van der Waals surface area contributed by atoms with Crippen molar-refractivity contribution >= 4 is 17.3 Å². The number of carbonyl (C=O) groups excluding carboxylic acids is 1. The van der Waals surface area contributed by atoms with Crippen LogP contribution in [0.15, 0.2) is 6.07 Å². The quantitative estimate of drug-likeness (QED) is 0.773. The van der Waals surface area contributed by atoms with Crippen LogP contribution in [0.5, 0.6) is 0 Å². The molecule has 0 saturated carbocycles. The van der Waals surface area contributed by atoms with Crippen LogP contribution in [0.1, 0.15) is 42.0 Å². The average Bonchev–Trinajstić information content (AvgIpc) is 2.64. The van der Waals surface area contributed by atoms with Crippen molar-refractivity contribution in [1.82, 2.24) is 5.32 Å². The Morgan fingerprint density at radius 3 is 2.67 bits per heavy atom. The van der Waals surface area contributed by atoms with Gasteiger partial charge < -0.3 is 4.74 Å². The average molecular weight is 269 g/mol. The van der Waals surface area contributed by atoms with Crippen LogP contribution < -0.4 is 5.32 Å². The number of hydrogen-bond donors (Lipinski definition) is 1. The van der Waals surface area contributed by atoms with Crippen molar-refractivity contribution in [2.75, 3.05) is 6.61 Å². The molecular weight excluding hydrogens is 246 g/mol. The Bertz CT molecular complexity index is 368. The van der Waals surface area contributed by atoms with Gasteiger partial charge in [-0.1, -0.05) is 13.3 Å². The normalized spacial score (nSPS) is 12.4. The number of carbonyl (C=O) groups is 1. The van der Waals surface area contributed by atoms with Gasteiger partial charge in [0.2, 0.25) is 0 Å². The zero-order chi connectivity index (χ0) is 13.5. The highest BCUT2D eigenvalue weighted by molar-refractivity contribution is 7.12. The predicted octanol–water partition coefficient (Wildman–Crippen LogP) is 3.19. The second kappa shape index (κ2) is 7.54. The van der Waals surface area contributed by atoms with E-state index in [1.165, 1.54) is 15.3 Å². The van der Waals surface area contributed by atoms with Crippen LogP contribution in [0.2, 0.25) is 0 Å². The Morgan fingerprint density at radius 1 is 1.44 bits per heavy atom. The van der Waals surface area contributed by atoms with Crippen molar-refractivity contribution < 1.29 is 9.53 Å². The molecule has 1 aromatic heterocycles. The number of hydrogen-bond acceptors (Lipinski definition) is 4. The van der Waals surface area contributed by atoms with E-state index in [0.717, 1.165) is 19.4 Å². The van der Waals surface area contributed by atoms with Gasteiger partial charge in [0.1, 0.15) is 6.04 Å². The minimum absolute atomic E-state index is 0.135. The van der Waals surface area contributed by atoms with Gasteiger partial charge in [0.15, 0.2) is 0 Å². The number of aryl methyl sites for hydroxylation is 2. The number of nitrogens with one attached hydrogen (secondary N) is 1. The van der Waals surface area contributed by atoms with E-state index in [-0.39, 0.29) is 12.0 Å². The second-order valence-corrected chi connectivity index (χ2v) is 5.77. The maximum Gasteiger partial charge on any atom is 0.323 e. The first-order chi connectivity index (χ1) is 8.58. The standard InChI is InChI=1S/C14H23NO2S/c1-5-7-13(14(16)17-6-2)15-9-12-8-10(3)11(4)18-12/h8,13,15H,5-7,9H2,1-4H3. The molecule has 18 heavy (non-hydrogen) atoms. The first kappa shape index (κ1) is 15.2. The third-order valence-electron chi connectivity index (χ3n) is 2.89. The fourth-order valence-corrected chi connectivity index (χ4v) is 2.80. The van der Waals surface area contributed by atoms with Crippen LogP contribution in [0.25, 0.3) is 0 Å². The van der Waals surface area contributed by atoms with Gasteiger partial charge in [-0.2, -0.15) is 0 Å². The van der Waals surface area contributed by atoms with Crippen molar-refractivity contribution in [3.63, 3.8) is 0 Å². The molecule has 1 heterocycles. The summed E-state index contributed by atoms with van der Waals surface area (Å²) < 4.78 is 5.08. The number of thiophene rings is 1. The van der Waals surface area contributed by atoms with Gasteiger partial charge in [-0.3, -0.25) is 10.1 Å². The van der Waals surface area contributed by atoms with Crippen LogP contribution in [0.4, 0.5) is 0 Å². The Morgan fingerprint density at radius 2 is 2.17 bits per heavy atom. The highest BCUT2D eigenvalue weighted by atomic mass is 32.1. The highest BCUT2D eigenvalue weighted by Gasteiger charge is 2.18. The summed E-state index contributed by atoms with van der Waals surface area (Å²) >= 11 is 1.78. The maximum atomic E-state index is 11.7. The van der Waals surface area contributed by atoms with E-state index in [9.17, 15) is 4.79 Å². The molecule has 0 bridgehead atoms. The third-order valence-corrected chi connectivity index (χ3v) is 4.04. The first-order valence-corrected chi connectivity index (χ1v) is 7.36. The Hall–Kier alpha value is -0.870. The monoisotopic (exact) mass is 269 g/mol. The molecule has 102 valence electrons. The summed E-state index contributed by atoms with van der Waals surface area (Å²) in [6, 6.07) is 2.00. The minimum atomic E-state index is -0.183. The summed E-state index contributed by atoms with van der Waals surface area (Å²) in [7, 11) is 0. The Labute approximate surface area is 114 Å². The summed E-state index contributed by atoms with van der Waals surface area (Å²) in [6.45, 7) is 9.34. The lowest BCUT2D eigenvalue weighted by molar-refractivity contribution is -0.145. The maximum absolute atomic E-state index is 11.7. The molecule has 0 aliphatic heterocycles. The van der Waals surface area contributed by atoms with Crippen molar-refractivity contribution in [2.24, 2.45) is 0 Å². The zero-order valence-electron chi connectivity index (χ0n) is 11.7. The van der Waals surface area contributed by atoms with Gasteiger partial charge in [0.05, 0.1) is 6.61 Å². The van der Waals surface area contributed by atoms with Crippen LogP contribution in [0.3, 0.4) is 0 Å². The molecule has 0 aliphatic rings. The molecule has 1 unspecified atom stereocenters. The topological polar surface area (TPSA) is 38.3 Å². The minimum Gasteiger partial charge on any atom is -0.465 e. The molecule has 0 aromatic carbocycles. The summed E-state index contributed by atoms with van der Waals surface area (Å²) in [6.07, 6.45) is 1.79. The van der Waals surface area contributed by atoms with E-state index in [4.69, 9.17) is 4.74 Å². The van der Waals surface area contributed by atoms with Gasteiger partial charge in [-0.25, -0.2) is 0 Å². The van der Waals surface area contributed by atoms with Crippen LogP contribution in [-0.4, -0.2) is 18.6 Å². The SMILES string of the molecule is CCCC(NCc1cc(C)c(C)s1)C(=O)OCC. The highest BCUT2D eigenvalue weighted by Crippen LogP contribution is 2.20. The van der Waals surface area contributed by atoms with Crippen molar-refractivity contribution in [3.8, 4) is 0 Å². The molecule has 0 spiro atoms.